The number of fused-ring (bicyclic) bond motifs is 2. The molecule has 19 atom stereocenters. The Labute approximate surface area is 381 Å². The molecule has 0 aromatic carbocycles. The molecule has 3 heterocycles. The van der Waals surface area contributed by atoms with Gasteiger partial charge in [0.1, 0.15) is 18.1 Å². The van der Waals surface area contributed by atoms with Crippen molar-refractivity contribution in [1.82, 2.24) is 0 Å². The molecule has 0 aromatic rings. The lowest BCUT2D eigenvalue weighted by atomic mass is 9.82. The highest BCUT2D eigenvalue weighted by Gasteiger charge is 2.51. The summed E-state index contributed by atoms with van der Waals surface area (Å²) in [5.41, 5.74) is 6.02. The number of cyclic esters (lactones) is 1. The molecule has 3 rings (SSSR count). The van der Waals surface area contributed by atoms with Crippen LogP contribution in [-0.2, 0) is 28.5 Å². The van der Waals surface area contributed by atoms with Crippen molar-refractivity contribution in [3.63, 3.8) is 0 Å². The third-order valence-electron chi connectivity index (χ3n) is 12.0. The Morgan fingerprint density at radius 2 is 1.23 bits per heavy atom. The van der Waals surface area contributed by atoms with Crippen LogP contribution >= 0.6 is 0 Å². The van der Waals surface area contributed by atoms with Crippen molar-refractivity contribution in [1.29, 1.82) is 0 Å². The average molecular weight is 924 g/mol. The van der Waals surface area contributed by atoms with Crippen LogP contribution in [0.1, 0.15) is 79.1 Å². The molecule has 2 bridgehead atoms. The summed E-state index contributed by atoms with van der Waals surface area (Å²) in [4.78, 5) is 25.1. The zero-order chi connectivity index (χ0) is 48.4. The second kappa shape index (κ2) is 27.4. The quantitative estimate of drug-likeness (QED) is 0.174. The Balaban J connectivity index is 1.86. The maximum absolute atomic E-state index is 12.6. The van der Waals surface area contributed by atoms with Crippen LogP contribution in [0.15, 0.2) is 85.1 Å². The van der Waals surface area contributed by atoms with E-state index in [1.807, 2.05) is 19.1 Å². The number of allylic oxidation sites excluding steroid dienone is 12. The summed E-state index contributed by atoms with van der Waals surface area (Å²) in [6.07, 6.45) is 3.46. The molecule has 0 radical (unpaired) electrons. The van der Waals surface area contributed by atoms with E-state index in [1.165, 1.54) is 13.0 Å². The predicted octanol–water partition coefficient (Wildman–Crippen LogP) is 0.712. The maximum atomic E-state index is 12.6. The highest BCUT2D eigenvalue weighted by molar-refractivity contribution is 5.71. The van der Waals surface area contributed by atoms with Crippen LogP contribution in [-0.4, -0.2) is 166 Å². The minimum Gasteiger partial charge on any atom is -0.481 e. The fourth-order valence-corrected chi connectivity index (χ4v) is 7.97. The van der Waals surface area contributed by atoms with E-state index in [4.69, 9.17) is 24.7 Å². The van der Waals surface area contributed by atoms with E-state index in [-0.39, 0.29) is 31.6 Å². The number of rotatable bonds is 3. The lowest BCUT2D eigenvalue weighted by Crippen LogP contribution is -2.61. The fraction of sp³-hybridized carbons (Fsp3) is 0.660. The first kappa shape index (κ1) is 55.9. The van der Waals surface area contributed by atoms with Crippen LogP contribution in [0.25, 0.3) is 0 Å². The van der Waals surface area contributed by atoms with Gasteiger partial charge >= 0.3 is 11.9 Å². The van der Waals surface area contributed by atoms with E-state index in [0.717, 1.165) is 0 Å². The topological polar surface area (TPSA) is 320 Å². The van der Waals surface area contributed by atoms with E-state index < -0.39 is 147 Å². The second-order valence-corrected chi connectivity index (χ2v) is 17.6. The summed E-state index contributed by atoms with van der Waals surface area (Å²) in [7, 11) is 0. The minimum atomic E-state index is -2.33. The summed E-state index contributed by atoms with van der Waals surface area (Å²) in [5, 5.41) is 118. The zero-order valence-electron chi connectivity index (χ0n) is 37.6. The number of aliphatic hydroxyl groups is 10. The van der Waals surface area contributed by atoms with E-state index in [2.05, 4.69) is 0 Å². The molecule has 65 heavy (non-hydrogen) atoms. The lowest BCUT2D eigenvalue weighted by molar-refractivity contribution is -0.308. The molecule has 0 amide bonds. The third-order valence-corrected chi connectivity index (χ3v) is 12.0. The van der Waals surface area contributed by atoms with Crippen LogP contribution in [0.3, 0.4) is 0 Å². The fourth-order valence-electron chi connectivity index (χ4n) is 7.97. The van der Waals surface area contributed by atoms with Gasteiger partial charge in [-0.15, -0.1) is 0 Å². The number of aliphatic hydroxyl groups excluding tert-OH is 9. The van der Waals surface area contributed by atoms with Gasteiger partial charge < -0.3 is 80.9 Å². The van der Waals surface area contributed by atoms with Crippen molar-refractivity contribution in [3.05, 3.63) is 85.1 Å². The van der Waals surface area contributed by atoms with E-state index >= 15 is 0 Å². The molecular weight excluding hydrogens is 851 g/mol. The van der Waals surface area contributed by atoms with Crippen molar-refractivity contribution in [2.45, 2.75) is 177 Å². The molecule has 3 aliphatic rings. The molecule has 18 nitrogen and oxygen atoms in total. The summed E-state index contributed by atoms with van der Waals surface area (Å²) >= 11 is 0. The molecule has 368 valence electrons. The normalized spacial score (nSPS) is 42.0. The number of nitrogens with two attached hydrogens (primary N) is 1. The molecular formula is C47H73NO17. The Hall–Kier alpha value is -3.44. The average Bonchev–Trinajstić information content (AvgIpc) is 3.21. The first-order valence-corrected chi connectivity index (χ1v) is 22.3. The Kier molecular flexibility index (Phi) is 23.6. The van der Waals surface area contributed by atoms with Gasteiger partial charge in [0.25, 0.3) is 0 Å². The van der Waals surface area contributed by atoms with Gasteiger partial charge in [-0.25, -0.2) is 0 Å². The molecule has 0 aliphatic carbocycles. The highest BCUT2D eigenvalue weighted by atomic mass is 16.7. The molecule has 13 N–H and O–H groups in total. The van der Waals surface area contributed by atoms with Crippen LogP contribution in [0.5, 0.6) is 0 Å². The van der Waals surface area contributed by atoms with Gasteiger partial charge in [0, 0.05) is 37.5 Å². The monoisotopic (exact) mass is 923 g/mol. The van der Waals surface area contributed by atoms with E-state index in [1.54, 1.807) is 80.7 Å². The molecule has 0 aromatic heterocycles. The second-order valence-electron chi connectivity index (χ2n) is 17.6. The SMILES string of the molecule is C[C@@H]1[C@H](O)[C@@H](C)C=CC=CC=CC=CC=CC=CC=C[C@H](O[C@@H]2O[C@H](C)[C@@H](O)[C@H](N)[C@@H]2O)C[C@@H]2O[C@](O)(C[C@H](O)C[C@H](O)[C@@H](O)CC[C@H](O)C[C@H](O)CC(=O)O[C@H]1C)C[C@H](O)[C@H]2C(=O)O. The molecule has 0 spiro atoms. The number of ether oxygens (including phenoxy) is 4. The van der Waals surface area contributed by atoms with Gasteiger partial charge in [-0.05, 0) is 33.1 Å². The van der Waals surface area contributed by atoms with Crippen LogP contribution in [0.2, 0.25) is 0 Å². The Morgan fingerprint density at radius 1 is 0.662 bits per heavy atom. The van der Waals surface area contributed by atoms with Crippen molar-refractivity contribution < 1.29 is 84.7 Å². The van der Waals surface area contributed by atoms with Crippen molar-refractivity contribution in [2.75, 3.05) is 0 Å². The summed E-state index contributed by atoms with van der Waals surface area (Å²) in [5.74, 6) is -6.83. The molecule has 0 unspecified atom stereocenters. The summed E-state index contributed by atoms with van der Waals surface area (Å²) in [6.45, 7) is 6.74. The summed E-state index contributed by atoms with van der Waals surface area (Å²) < 4.78 is 23.1. The van der Waals surface area contributed by atoms with Crippen molar-refractivity contribution >= 4 is 11.9 Å². The number of carbonyl (C=O) groups excluding carboxylic acids is 1. The van der Waals surface area contributed by atoms with Gasteiger partial charge in [-0.3, -0.25) is 9.59 Å². The summed E-state index contributed by atoms with van der Waals surface area (Å²) in [6, 6.07) is -1.15. The number of esters is 1. The first-order chi connectivity index (χ1) is 30.6. The van der Waals surface area contributed by atoms with Crippen molar-refractivity contribution in [3.8, 4) is 0 Å². The molecule has 0 saturated carbocycles. The number of hydrogen-bond acceptors (Lipinski definition) is 17. The first-order valence-electron chi connectivity index (χ1n) is 22.3. The molecule has 18 heteroatoms. The number of carboxylic acid groups (broad SMARTS) is 1. The van der Waals surface area contributed by atoms with Gasteiger partial charge in [0.05, 0.1) is 79.6 Å². The smallest absolute Gasteiger partial charge is 0.311 e. The van der Waals surface area contributed by atoms with Gasteiger partial charge in [0.15, 0.2) is 12.1 Å². The third kappa shape index (κ3) is 18.6. The van der Waals surface area contributed by atoms with Crippen LogP contribution in [0.4, 0.5) is 0 Å². The maximum Gasteiger partial charge on any atom is 0.311 e. The lowest BCUT2D eigenvalue weighted by Gasteiger charge is -2.45. The zero-order valence-corrected chi connectivity index (χ0v) is 37.6. The predicted molar refractivity (Wildman–Crippen MR) is 237 cm³/mol. The number of aliphatic carboxylic acids is 1. The van der Waals surface area contributed by atoms with Crippen molar-refractivity contribution in [2.24, 2.45) is 23.5 Å². The van der Waals surface area contributed by atoms with E-state index in [0.29, 0.717) is 0 Å². The molecule has 2 saturated heterocycles. The number of hydrogen-bond donors (Lipinski definition) is 12. The number of carbonyl (C=O) groups is 2. The standard InChI is InChI=1S/C47H73NO17/c1-27-17-15-13-11-9-7-5-6-8-10-12-14-16-18-34(64-46-44(58)41(48)43(57)30(4)63-46)24-38-40(45(59)60)37(54)26-47(61,65-38)25-33(51)22-36(53)35(52)20-19-31(49)21-32(50)23-39(55)62-29(3)28(2)42(27)56/h5-18,27-38,40-44,46,49-54,56-58,61H,19-26,48H2,1-4H3,(H,59,60)/t27-,28-,29-,30+,31-,32-,33+,34-,35-,36-,37-,38-,40+,41-,42+,43+,44-,46-,47+/m0/s1. The van der Waals surface area contributed by atoms with Gasteiger partial charge in [0.2, 0.25) is 0 Å². The highest BCUT2D eigenvalue weighted by Crippen LogP contribution is 2.38. The molecule has 3 aliphatic heterocycles. The minimum absolute atomic E-state index is 0.107. The van der Waals surface area contributed by atoms with Gasteiger partial charge in [-0.2, -0.15) is 0 Å². The Bertz CT molecular complexity index is 1670. The van der Waals surface area contributed by atoms with E-state index in [9.17, 15) is 65.8 Å². The van der Waals surface area contributed by atoms with Crippen LogP contribution in [0, 0.1) is 17.8 Å². The van der Waals surface area contributed by atoms with Gasteiger partial charge in [-0.1, -0.05) is 98.9 Å². The number of carboxylic acids is 1. The van der Waals surface area contributed by atoms with Crippen LogP contribution < -0.4 is 5.73 Å². The Morgan fingerprint density at radius 3 is 1.82 bits per heavy atom. The largest absolute Gasteiger partial charge is 0.481 e. The molecule has 2 fully saturated rings.